The minimum absolute atomic E-state index is 0.180. The van der Waals surface area contributed by atoms with Gasteiger partial charge >= 0.3 is 11.9 Å². The molecule has 0 aliphatic rings. The van der Waals surface area contributed by atoms with Gasteiger partial charge in [0.1, 0.15) is 5.75 Å². The molecule has 0 heterocycles. The number of amides is 1. The number of ether oxygens (including phenoxy) is 2. The number of nitrogens with zero attached hydrogens (tertiary/aromatic N) is 1. The lowest BCUT2D eigenvalue weighted by atomic mass is 10.1. The first-order valence-electron chi connectivity index (χ1n) is 6.03. The fourth-order valence-electron chi connectivity index (χ4n) is 1.81. The Kier molecular flexibility index (Phi) is 4.92. The van der Waals surface area contributed by atoms with Crippen LogP contribution in [0.4, 0.5) is 5.69 Å². The van der Waals surface area contributed by atoms with Crippen molar-refractivity contribution < 1.29 is 19.1 Å². The zero-order valence-electron chi connectivity index (χ0n) is 11.9. The van der Waals surface area contributed by atoms with Crippen LogP contribution < -0.4 is 9.64 Å². The smallest absolute Gasteiger partial charge is 0.397 e. The van der Waals surface area contributed by atoms with Gasteiger partial charge < -0.3 is 14.4 Å². The molecule has 1 aromatic carbocycles. The quantitative estimate of drug-likeness (QED) is 0.618. The summed E-state index contributed by atoms with van der Waals surface area (Å²) < 4.78 is 9.92. The average Bonchev–Trinajstić information content (AvgIpc) is 2.40. The molecule has 0 aromatic heterocycles. The zero-order chi connectivity index (χ0) is 14.6. The summed E-state index contributed by atoms with van der Waals surface area (Å²) in [5, 5.41) is 0. The highest BCUT2D eigenvalue weighted by molar-refractivity contribution is 6.38. The van der Waals surface area contributed by atoms with Crippen molar-refractivity contribution in [2.24, 2.45) is 0 Å². The topological polar surface area (TPSA) is 55.8 Å². The molecule has 0 atom stereocenters. The van der Waals surface area contributed by atoms with Gasteiger partial charge in [-0.1, -0.05) is 0 Å². The third-order valence-electron chi connectivity index (χ3n) is 3.04. The first kappa shape index (κ1) is 15.0. The number of hydrogen-bond acceptors (Lipinski definition) is 4. The molecule has 0 aliphatic heterocycles. The van der Waals surface area contributed by atoms with Crippen molar-refractivity contribution in [2.45, 2.75) is 20.8 Å². The minimum atomic E-state index is -0.849. The maximum absolute atomic E-state index is 11.9. The van der Waals surface area contributed by atoms with Gasteiger partial charge in [0.05, 0.1) is 13.7 Å². The van der Waals surface area contributed by atoms with E-state index in [1.165, 1.54) is 4.90 Å². The van der Waals surface area contributed by atoms with Gasteiger partial charge in [0, 0.05) is 12.7 Å². The Labute approximate surface area is 113 Å². The molecule has 19 heavy (non-hydrogen) atoms. The van der Waals surface area contributed by atoms with Gasteiger partial charge in [-0.2, -0.15) is 0 Å². The van der Waals surface area contributed by atoms with Crippen LogP contribution in [0.15, 0.2) is 12.1 Å². The predicted octanol–water partition coefficient (Wildman–Crippen LogP) is 1.84. The van der Waals surface area contributed by atoms with E-state index in [0.29, 0.717) is 5.69 Å². The molecule has 0 saturated carbocycles. The molecule has 1 aromatic rings. The van der Waals surface area contributed by atoms with E-state index < -0.39 is 11.9 Å². The van der Waals surface area contributed by atoms with Crippen LogP contribution in [0, 0.1) is 13.8 Å². The molecule has 5 nitrogen and oxygen atoms in total. The van der Waals surface area contributed by atoms with Gasteiger partial charge in [0.2, 0.25) is 0 Å². The summed E-state index contributed by atoms with van der Waals surface area (Å²) in [5.41, 5.74) is 2.49. The van der Waals surface area contributed by atoms with Crippen LogP contribution in [0.25, 0.3) is 0 Å². The Morgan fingerprint density at radius 2 is 1.84 bits per heavy atom. The highest BCUT2D eigenvalue weighted by Gasteiger charge is 2.23. The Morgan fingerprint density at radius 3 is 2.37 bits per heavy atom. The van der Waals surface area contributed by atoms with E-state index in [0.717, 1.165) is 16.9 Å². The Bertz CT molecular complexity index is 496. The first-order chi connectivity index (χ1) is 8.93. The number of likely N-dealkylation sites (N-methyl/N-ethyl adjacent to an activating group) is 1. The van der Waals surface area contributed by atoms with Crippen molar-refractivity contribution in [2.75, 3.05) is 25.7 Å². The van der Waals surface area contributed by atoms with Crippen LogP contribution in [-0.4, -0.2) is 32.6 Å². The molecule has 0 aliphatic carbocycles. The van der Waals surface area contributed by atoms with Crippen molar-refractivity contribution in [3.8, 4) is 5.75 Å². The fraction of sp³-hybridized carbons (Fsp3) is 0.429. The number of carbonyl (C=O) groups is 2. The largest absolute Gasteiger partial charge is 0.496 e. The summed E-state index contributed by atoms with van der Waals surface area (Å²) in [6.07, 6.45) is 0. The lowest BCUT2D eigenvalue weighted by Crippen LogP contribution is -2.35. The van der Waals surface area contributed by atoms with E-state index >= 15 is 0 Å². The van der Waals surface area contributed by atoms with E-state index in [9.17, 15) is 9.59 Å². The molecular weight excluding hydrogens is 246 g/mol. The lowest BCUT2D eigenvalue weighted by molar-refractivity contribution is -0.153. The van der Waals surface area contributed by atoms with Gasteiger partial charge in [-0.05, 0) is 44.0 Å². The molecule has 0 bridgehead atoms. The van der Waals surface area contributed by atoms with Crippen molar-refractivity contribution in [3.05, 3.63) is 23.3 Å². The number of rotatable bonds is 3. The molecule has 1 amide bonds. The van der Waals surface area contributed by atoms with Gasteiger partial charge in [-0.15, -0.1) is 0 Å². The Balaban J connectivity index is 3.07. The molecule has 0 fully saturated rings. The van der Waals surface area contributed by atoms with Crippen LogP contribution in [0.2, 0.25) is 0 Å². The second kappa shape index (κ2) is 6.22. The van der Waals surface area contributed by atoms with E-state index in [1.807, 2.05) is 13.8 Å². The predicted molar refractivity (Wildman–Crippen MR) is 72.5 cm³/mol. The van der Waals surface area contributed by atoms with Crippen LogP contribution in [0.1, 0.15) is 18.1 Å². The SMILES string of the molecule is CCOC(=O)C(=O)N(C)c1ccc(OC)c(C)c1C. The van der Waals surface area contributed by atoms with Crippen molar-refractivity contribution in [1.82, 2.24) is 0 Å². The highest BCUT2D eigenvalue weighted by atomic mass is 16.5. The third-order valence-corrected chi connectivity index (χ3v) is 3.04. The molecule has 0 spiro atoms. The Morgan fingerprint density at radius 1 is 1.21 bits per heavy atom. The molecule has 5 heteroatoms. The van der Waals surface area contributed by atoms with Gasteiger partial charge in [-0.25, -0.2) is 4.79 Å². The summed E-state index contributed by atoms with van der Waals surface area (Å²) in [6.45, 7) is 5.62. The maximum atomic E-state index is 11.9. The molecule has 0 saturated heterocycles. The number of methoxy groups -OCH3 is 1. The van der Waals surface area contributed by atoms with Gasteiger partial charge in [-0.3, -0.25) is 4.79 Å². The van der Waals surface area contributed by atoms with E-state index in [1.54, 1.807) is 33.2 Å². The molecule has 104 valence electrons. The number of hydrogen-bond donors (Lipinski definition) is 0. The summed E-state index contributed by atoms with van der Waals surface area (Å²) in [7, 11) is 3.14. The maximum Gasteiger partial charge on any atom is 0.397 e. The normalized spacial score (nSPS) is 9.95. The monoisotopic (exact) mass is 265 g/mol. The summed E-state index contributed by atoms with van der Waals surface area (Å²) >= 11 is 0. The zero-order valence-corrected chi connectivity index (χ0v) is 11.9. The van der Waals surface area contributed by atoms with Crippen molar-refractivity contribution >= 4 is 17.6 Å². The number of benzene rings is 1. The van der Waals surface area contributed by atoms with Crippen LogP contribution in [0.5, 0.6) is 5.75 Å². The summed E-state index contributed by atoms with van der Waals surface area (Å²) in [6, 6.07) is 3.52. The van der Waals surface area contributed by atoms with Crippen LogP contribution >= 0.6 is 0 Å². The Hall–Kier alpha value is -2.04. The average molecular weight is 265 g/mol. The second-order valence-electron chi connectivity index (χ2n) is 4.12. The summed E-state index contributed by atoms with van der Waals surface area (Å²) in [5.74, 6) is -0.786. The highest BCUT2D eigenvalue weighted by Crippen LogP contribution is 2.29. The molecule has 0 unspecified atom stereocenters. The fourth-order valence-corrected chi connectivity index (χ4v) is 1.81. The minimum Gasteiger partial charge on any atom is -0.496 e. The molecule has 0 N–H and O–H groups in total. The molecule has 1 rings (SSSR count). The number of anilines is 1. The van der Waals surface area contributed by atoms with Gasteiger partial charge in [0.15, 0.2) is 0 Å². The number of esters is 1. The van der Waals surface area contributed by atoms with Crippen LogP contribution in [0.3, 0.4) is 0 Å². The van der Waals surface area contributed by atoms with Crippen molar-refractivity contribution in [3.63, 3.8) is 0 Å². The standard InChI is InChI=1S/C14H19NO4/c1-6-19-14(17)13(16)15(4)11-7-8-12(18-5)10(3)9(11)2/h7-8H,6H2,1-5H3. The summed E-state index contributed by atoms with van der Waals surface area (Å²) in [4.78, 5) is 24.6. The van der Waals surface area contributed by atoms with Crippen LogP contribution in [-0.2, 0) is 14.3 Å². The first-order valence-corrected chi connectivity index (χ1v) is 6.03. The van der Waals surface area contributed by atoms with E-state index in [4.69, 9.17) is 9.47 Å². The molecular formula is C14H19NO4. The lowest BCUT2D eigenvalue weighted by Gasteiger charge is -2.20. The molecule has 0 radical (unpaired) electrons. The van der Waals surface area contributed by atoms with Gasteiger partial charge in [0.25, 0.3) is 0 Å². The number of carbonyl (C=O) groups excluding carboxylic acids is 2. The third kappa shape index (κ3) is 3.05. The second-order valence-corrected chi connectivity index (χ2v) is 4.12. The van der Waals surface area contributed by atoms with E-state index in [2.05, 4.69) is 0 Å². The van der Waals surface area contributed by atoms with E-state index in [-0.39, 0.29) is 6.61 Å². The van der Waals surface area contributed by atoms with Crippen molar-refractivity contribution in [1.29, 1.82) is 0 Å².